The number of nitrogens with one attached hydrogen (secondary N) is 4. The highest BCUT2D eigenvalue weighted by Crippen LogP contribution is 2.14. The standard InChI is InChI=1S/C24H34N4O8S3/c1-3-5-17-7-11-19(12-8-17)38(32,33)27-21(23(29)25-31)15-36-26-24(30)22(16-37)28-39(34,35)20-13-9-18(6-4-2)10-14-20/h7-14,21-22,27-28,31,37H,3-6,15-16H2,1-2H3,(H,25,29)(H,26,30)/t21-,22-/m0/s1. The van der Waals surface area contributed by atoms with Crippen LogP contribution in [-0.2, 0) is 47.3 Å². The Bertz CT molecular complexity index is 1300. The summed E-state index contributed by atoms with van der Waals surface area (Å²) < 4.78 is 55.2. The van der Waals surface area contributed by atoms with E-state index in [9.17, 15) is 26.4 Å². The minimum atomic E-state index is -4.20. The van der Waals surface area contributed by atoms with E-state index in [1.165, 1.54) is 29.7 Å². The van der Waals surface area contributed by atoms with E-state index in [1.807, 2.05) is 19.3 Å². The molecule has 0 saturated heterocycles. The lowest BCUT2D eigenvalue weighted by Crippen LogP contribution is -2.51. The summed E-state index contributed by atoms with van der Waals surface area (Å²) >= 11 is 4.02. The van der Waals surface area contributed by atoms with Crippen LogP contribution in [-0.4, -0.2) is 58.3 Å². The number of carbonyl (C=O) groups excluding carboxylic acids is 2. The van der Waals surface area contributed by atoms with Crippen molar-refractivity contribution in [3.63, 3.8) is 0 Å². The monoisotopic (exact) mass is 602 g/mol. The van der Waals surface area contributed by atoms with Crippen molar-refractivity contribution >= 4 is 44.5 Å². The molecule has 15 heteroatoms. The van der Waals surface area contributed by atoms with E-state index in [2.05, 4.69) is 22.1 Å². The third-order valence-corrected chi connectivity index (χ3v) is 8.83. The van der Waals surface area contributed by atoms with Crippen molar-refractivity contribution in [2.75, 3.05) is 12.4 Å². The van der Waals surface area contributed by atoms with E-state index in [-0.39, 0.29) is 15.5 Å². The second-order valence-electron chi connectivity index (χ2n) is 8.57. The fraction of sp³-hybridized carbons (Fsp3) is 0.417. The number of aryl methyl sites for hydroxylation is 2. The first-order chi connectivity index (χ1) is 18.5. The SMILES string of the molecule is CCCc1ccc(S(=O)(=O)N[C@@H](CONC(=O)[C@H](CS)NS(=O)(=O)c2ccc(CCC)cc2)C(=O)NO)cc1. The van der Waals surface area contributed by atoms with E-state index < -0.39 is 50.6 Å². The van der Waals surface area contributed by atoms with Gasteiger partial charge in [0.05, 0.1) is 9.79 Å². The zero-order valence-corrected chi connectivity index (χ0v) is 24.1. The average molecular weight is 603 g/mol. The molecule has 39 heavy (non-hydrogen) atoms. The number of carbonyl (C=O) groups is 2. The normalized spacial score (nSPS) is 13.4. The third kappa shape index (κ3) is 9.86. The van der Waals surface area contributed by atoms with Gasteiger partial charge in [-0.05, 0) is 48.2 Å². The van der Waals surface area contributed by atoms with Crippen LogP contribution < -0.4 is 20.4 Å². The van der Waals surface area contributed by atoms with Gasteiger partial charge in [-0.3, -0.25) is 19.6 Å². The zero-order chi connectivity index (χ0) is 29.1. The number of hydrogen-bond acceptors (Lipinski definition) is 9. The molecule has 5 N–H and O–H groups in total. The van der Waals surface area contributed by atoms with Crippen molar-refractivity contribution in [3.05, 3.63) is 59.7 Å². The van der Waals surface area contributed by atoms with E-state index in [0.29, 0.717) is 0 Å². The Balaban J connectivity index is 2.02. The van der Waals surface area contributed by atoms with Gasteiger partial charge in [-0.1, -0.05) is 51.0 Å². The highest BCUT2D eigenvalue weighted by atomic mass is 32.2. The van der Waals surface area contributed by atoms with E-state index >= 15 is 0 Å². The number of hydroxylamine groups is 2. The van der Waals surface area contributed by atoms with Crippen molar-refractivity contribution in [3.8, 4) is 0 Å². The molecule has 0 unspecified atom stereocenters. The second kappa shape index (κ2) is 15.3. The Labute approximate surface area is 234 Å². The van der Waals surface area contributed by atoms with Crippen molar-refractivity contribution < 1.29 is 36.5 Å². The molecule has 216 valence electrons. The van der Waals surface area contributed by atoms with E-state index in [0.717, 1.165) is 36.8 Å². The Morgan fingerprint density at radius 3 is 1.62 bits per heavy atom. The summed E-state index contributed by atoms with van der Waals surface area (Å²) in [5, 5.41) is 9.02. The lowest BCUT2D eigenvalue weighted by Gasteiger charge is -2.19. The lowest BCUT2D eigenvalue weighted by molar-refractivity contribution is -0.140. The maximum absolute atomic E-state index is 12.7. The molecule has 0 fully saturated rings. The van der Waals surface area contributed by atoms with Gasteiger partial charge in [0.15, 0.2) is 0 Å². The molecule has 0 aliphatic rings. The first-order valence-corrected chi connectivity index (χ1v) is 15.8. The van der Waals surface area contributed by atoms with Gasteiger partial charge < -0.3 is 0 Å². The molecule has 0 saturated carbocycles. The van der Waals surface area contributed by atoms with Crippen LogP contribution in [0, 0.1) is 0 Å². The number of hydrogen-bond donors (Lipinski definition) is 6. The summed E-state index contributed by atoms with van der Waals surface area (Å²) in [5.74, 6) is -2.31. The quantitative estimate of drug-likeness (QED) is 0.0938. The summed E-state index contributed by atoms with van der Waals surface area (Å²) in [6.07, 6.45) is 3.35. The molecular formula is C24H34N4O8S3. The van der Waals surface area contributed by atoms with Gasteiger partial charge in [0.25, 0.3) is 11.8 Å². The van der Waals surface area contributed by atoms with Crippen molar-refractivity contribution in [1.29, 1.82) is 0 Å². The van der Waals surface area contributed by atoms with Gasteiger partial charge in [-0.2, -0.15) is 22.1 Å². The predicted octanol–water partition coefficient (Wildman–Crippen LogP) is 1.07. The summed E-state index contributed by atoms with van der Waals surface area (Å²) in [4.78, 5) is 29.4. The molecule has 0 aliphatic carbocycles. The van der Waals surface area contributed by atoms with Gasteiger partial charge in [0, 0.05) is 5.75 Å². The Morgan fingerprint density at radius 1 is 0.795 bits per heavy atom. The van der Waals surface area contributed by atoms with Gasteiger partial charge in [-0.15, -0.1) is 0 Å². The van der Waals surface area contributed by atoms with E-state index in [1.54, 1.807) is 24.3 Å². The lowest BCUT2D eigenvalue weighted by atomic mass is 10.1. The van der Waals surface area contributed by atoms with Crippen LogP contribution in [0.15, 0.2) is 58.3 Å². The molecule has 0 spiro atoms. The molecule has 0 aromatic heterocycles. The molecule has 0 heterocycles. The van der Waals surface area contributed by atoms with Crippen molar-refractivity contribution in [2.45, 2.75) is 61.4 Å². The first kappa shape index (κ1) is 32.7. The van der Waals surface area contributed by atoms with Crippen LogP contribution in [0.25, 0.3) is 0 Å². The summed E-state index contributed by atoms with van der Waals surface area (Å²) in [6.45, 7) is 3.27. The molecule has 2 aromatic rings. The van der Waals surface area contributed by atoms with Crippen LogP contribution in [0.2, 0.25) is 0 Å². The van der Waals surface area contributed by atoms with Crippen LogP contribution in [0.3, 0.4) is 0 Å². The molecule has 0 radical (unpaired) electrons. The smallest absolute Gasteiger partial charge is 0.263 e. The number of sulfonamides is 2. The second-order valence-corrected chi connectivity index (χ2v) is 12.4. The van der Waals surface area contributed by atoms with Crippen LogP contribution >= 0.6 is 12.6 Å². The zero-order valence-electron chi connectivity index (χ0n) is 21.6. The maximum Gasteiger partial charge on any atom is 0.263 e. The van der Waals surface area contributed by atoms with Gasteiger partial charge in [-0.25, -0.2) is 27.8 Å². The molecule has 0 bridgehead atoms. The topological polar surface area (TPSA) is 180 Å². The van der Waals surface area contributed by atoms with Crippen LogP contribution in [0.1, 0.15) is 37.8 Å². The highest BCUT2D eigenvalue weighted by Gasteiger charge is 2.28. The van der Waals surface area contributed by atoms with Crippen molar-refractivity contribution in [2.24, 2.45) is 0 Å². The number of rotatable bonds is 16. The largest absolute Gasteiger partial charge is 0.289 e. The van der Waals surface area contributed by atoms with Gasteiger partial charge in [0.1, 0.15) is 18.7 Å². The molecular weight excluding hydrogens is 568 g/mol. The van der Waals surface area contributed by atoms with E-state index in [4.69, 9.17) is 10.0 Å². The number of benzene rings is 2. The Hall–Kier alpha value is -2.53. The molecule has 2 atom stereocenters. The molecule has 2 aromatic carbocycles. The minimum absolute atomic E-state index is 0.0420. The molecule has 0 aliphatic heterocycles. The average Bonchev–Trinajstić information content (AvgIpc) is 2.91. The maximum atomic E-state index is 12.7. The molecule has 12 nitrogen and oxygen atoms in total. The molecule has 2 amide bonds. The number of amides is 2. The Kier molecular flexibility index (Phi) is 12.8. The van der Waals surface area contributed by atoms with Gasteiger partial charge in [0.2, 0.25) is 20.0 Å². The van der Waals surface area contributed by atoms with Crippen LogP contribution in [0.5, 0.6) is 0 Å². The third-order valence-electron chi connectivity index (χ3n) is 5.49. The summed E-state index contributed by atoms with van der Waals surface area (Å²) in [7, 11) is -8.27. The number of thiol groups is 1. The highest BCUT2D eigenvalue weighted by molar-refractivity contribution is 7.90. The van der Waals surface area contributed by atoms with Crippen LogP contribution in [0.4, 0.5) is 0 Å². The predicted molar refractivity (Wildman–Crippen MR) is 147 cm³/mol. The summed E-state index contributed by atoms with van der Waals surface area (Å²) in [5.41, 5.74) is 5.23. The summed E-state index contributed by atoms with van der Waals surface area (Å²) in [6, 6.07) is 9.30. The van der Waals surface area contributed by atoms with Gasteiger partial charge >= 0.3 is 0 Å². The fourth-order valence-electron chi connectivity index (χ4n) is 3.44. The first-order valence-electron chi connectivity index (χ1n) is 12.2. The fourth-order valence-corrected chi connectivity index (χ4v) is 6.20. The Morgan fingerprint density at radius 2 is 1.23 bits per heavy atom. The van der Waals surface area contributed by atoms with Crippen molar-refractivity contribution in [1.82, 2.24) is 20.4 Å². The minimum Gasteiger partial charge on any atom is -0.289 e. The molecule has 2 rings (SSSR count).